The predicted molar refractivity (Wildman–Crippen MR) is 60.2 cm³/mol. The van der Waals surface area contributed by atoms with Crippen molar-refractivity contribution in [1.82, 2.24) is 0 Å². The summed E-state index contributed by atoms with van der Waals surface area (Å²) in [6, 6.07) is 0. The summed E-state index contributed by atoms with van der Waals surface area (Å²) in [5.41, 5.74) is 0. The van der Waals surface area contributed by atoms with Crippen molar-refractivity contribution in [3.8, 4) is 0 Å². The molecule has 1 saturated heterocycles. The first-order valence-electron chi connectivity index (χ1n) is 4.97. The summed E-state index contributed by atoms with van der Waals surface area (Å²) in [5, 5.41) is -0.569. The van der Waals surface area contributed by atoms with Crippen molar-refractivity contribution in [2.75, 3.05) is 28.4 Å². The van der Waals surface area contributed by atoms with Crippen LogP contribution < -0.4 is 0 Å². The Morgan fingerprint density at radius 3 is 1.35 bits per heavy atom. The van der Waals surface area contributed by atoms with Crippen molar-refractivity contribution >= 4 is 22.0 Å². The summed E-state index contributed by atoms with van der Waals surface area (Å²) in [4.78, 5) is 23.5. The molecular weight excluding hydrogens is 248 g/mol. The molecule has 0 aliphatic carbocycles. The lowest BCUT2D eigenvalue weighted by Crippen LogP contribution is -2.40. The van der Waals surface area contributed by atoms with Crippen LogP contribution in [0.15, 0.2) is 0 Å². The molecule has 1 aliphatic rings. The van der Waals surface area contributed by atoms with Crippen molar-refractivity contribution in [2.24, 2.45) is 11.8 Å². The van der Waals surface area contributed by atoms with E-state index in [2.05, 4.69) is 0 Å². The maximum absolute atomic E-state index is 11.8. The Balaban J connectivity index is 2.97. The van der Waals surface area contributed by atoms with Crippen LogP contribution in [0.5, 0.6) is 0 Å². The zero-order valence-electron chi connectivity index (χ0n) is 10.2. The number of hydrogen-bond acceptors (Lipinski definition) is 7. The molecule has 1 fully saturated rings. The Kier molecular flexibility index (Phi) is 5.54. The second-order valence-electron chi connectivity index (χ2n) is 3.47. The van der Waals surface area contributed by atoms with Crippen LogP contribution in [0.4, 0.5) is 0 Å². The van der Waals surface area contributed by atoms with E-state index in [1.54, 1.807) is 0 Å². The molecule has 0 spiro atoms. The van der Waals surface area contributed by atoms with E-state index in [0.29, 0.717) is 11.8 Å². The molecule has 0 N–H and O–H groups in total. The fourth-order valence-corrected chi connectivity index (χ4v) is 2.85. The lowest BCUT2D eigenvalue weighted by molar-refractivity contribution is -0.194. The highest BCUT2D eigenvalue weighted by Gasteiger charge is 2.51. The third kappa shape index (κ3) is 2.86. The number of carbonyl (C=O) groups is 2. The summed E-state index contributed by atoms with van der Waals surface area (Å²) in [7, 11) is 5.67. The van der Waals surface area contributed by atoms with Crippen molar-refractivity contribution < 1.29 is 28.5 Å². The molecule has 0 aromatic carbocycles. The van der Waals surface area contributed by atoms with E-state index in [9.17, 15) is 9.59 Å². The summed E-state index contributed by atoms with van der Waals surface area (Å²) >= 11 is 0.657. The molecule has 0 aromatic rings. The van der Waals surface area contributed by atoms with Gasteiger partial charge in [-0.3, -0.25) is 9.59 Å². The molecule has 1 heterocycles. The van der Waals surface area contributed by atoms with E-state index < -0.39 is 24.4 Å². The maximum atomic E-state index is 11.8. The lowest BCUT2D eigenvalue weighted by atomic mass is 9.93. The lowest BCUT2D eigenvalue weighted by Gasteiger charge is -2.27. The minimum absolute atomic E-state index is 0.284. The molecule has 6 nitrogen and oxygen atoms in total. The first-order valence-corrected chi connectivity index (χ1v) is 5.79. The Bertz CT molecular complexity index is 259. The van der Waals surface area contributed by atoms with Crippen LogP contribution in [0.25, 0.3) is 0 Å². The Morgan fingerprint density at radius 1 is 0.824 bits per heavy atom. The van der Waals surface area contributed by atoms with Gasteiger partial charge in [0, 0.05) is 28.4 Å². The van der Waals surface area contributed by atoms with E-state index in [4.69, 9.17) is 18.9 Å². The summed E-state index contributed by atoms with van der Waals surface area (Å²) < 4.78 is 20.2. The first-order chi connectivity index (χ1) is 8.10. The molecule has 17 heavy (non-hydrogen) atoms. The van der Waals surface area contributed by atoms with Crippen LogP contribution in [-0.2, 0) is 28.5 Å². The second-order valence-corrected chi connectivity index (χ2v) is 4.48. The Hall–Kier alpha value is -0.470. The quantitative estimate of drug-likeness (QED) is 0.637. The van der Waals surface area contributed by atoms with Crippen LogP contribution in [0, 0.1) is 11.8 Å². The maximum Gasteiger partial charge on any atom is 0.205 e. The van der Waals surface area contributed by atoms with Crippen LogP contribution in [0.1, 0.15) is 0 Å². The fraction of sp³-hybridized carbons (Fsp3) is 0.800. The molecule has 0 unspecified atom stereocenters. The van der Waals surface area contributed by atoms with Gasteiger partial charge in [-0.1, -0.05) is 0 Å². The van der Waals surface area contributed by atoms with Gasteiger partial charge in [-0.15, -0.1) is 0 Å². The average molecular weight is 264 g/mol. The van der Waals surface area contributed by atoms with Gasteiger partial charge in [0.05, 0.1) is 11.8 Å². The minimum Gasteiger partial charge on any atom is -0.355 e. The fourth-order valence-electron chi connectivity index (χ4n) is 1.87. The summed E-state index contributed by atoms with van der Waals surface area (Å²) in [6.07, 6.45) is -1.56. The van der Waals surface area contributed by atoms with Crippen molar-refractivity contribution in [3.05, 3.63) is 0 Å². The Labute approximate surface area is 104 Å². The highest BCUT2D eigenvalue weighted by atomic mass is 32.2. The number of carbonyl (C=O) groups excluding carboxylic acids is 2. The van der Waals surface area contributed by atoms with E-state index in [0.717, 1.165) is 0 Å². The number of thioether (sulfide) groups is 1. The topological polar surface area (TPSA) is 71.1 Å². The van der Waals surface area contributed by atoms with Crippen molar-refractivity contribution in [1.29, 1.82) is 0 Å². The molecule has 0 amide bonds. The standard InChI is InChI=1S/C10H16O6S/c1-13-9(14-2)5-6(10(15-3)16-4)8(12)17-7(5)11/h5-6,9-10H,1-4H3/t5-,6-/m0/s1. The van der Waals surface area contributed by atoms with Crippen LogP contribution in [-0.4, -0.2) is 51.2 Å². The summed E-state index contributed by atoms with van der Waals surface area (Å²) in [5.74, 6) is -1.43. The third-order valence-electron chi connectivity index (χ3n) is 2.65. The van der Waals surface area contributed by atoms with Crippen molar-refractivity contribution in [2.45, 2.75) is 12.6 Å². The van der Waals surface area contributed by atoms with Gasteiger partial charge < -0.3 is 18.9 Å². The van der Waals surface area contributed by atoms with Gasteiger partial charge >= 0.3 is 0 Å². The van der Waals surface area contributed by atoms with E-state index in [1.807, 2.05) is 0 Å². The molecule has 0 radical (unpaired) electrons. The molecule has 98 valence electrons. The smallest absolute Gasteiger partial charge is 0.205 e. The third-order valence-corrected chi connectivity index (χ3v) is 3.59. The van der Waals surface area contributed by atoms with Crippen molar-refractivity contribution in [3.63, 3.8) is 0 Å². The monoisotopic (exact) mass is 264 g/mol. The second kappa shape index (κ2) is 6.46. The van der Waals surface area contributed by atoms with Gasteiger partial charge in [-0.05, 0) is 11.8 Å². The molecule has 2 atom stereocenters. The molecule has 1 aliphatic heterocycles. The van der Waals surface area contributed by atoms with Gasteiger partial charge in [0.25, 0.3) is 0 Å². The van der Waals surface area contributed by atoms with Crippen LogP contribution in [0.3, 0.4) is 0 Å². The van der Waals surface area contributed by atoms with E-state index >= 15 is 0 Å². The molecular formula is C10H16O6S. The molecule has 0 aromatic heterocycles. The molecule has 1 rings (SSSR count). The molecule has 0 bridgehead atoms. The highest BCUT2D eigenvalue weighted by Crippen LogP contribution is 2.39. The summed E-state index contributed by atoms with van der Waals surface area (Å²) in [6.45, 7) is 0. The Morgan fingerprint density at radius 2 is 1.12 bits per heavy atom. The first kappa shape index (κ1) is 14.6. The average Bonchev–Trinajstić information content (AvgIpc) is 2.60. The molecule has 7 heteroatoms. The number of ether oxygens (including phenoxy) is 4. The number of hydrogen-bond donors (Lipinski definition) is 0. The predicted octanol–water partition coefficient (Wildman–Crippen LogP) is 0.257. The molecule has 0 saturated carbocycles. The van der Waals surface area contributed by atoms with E-state index in [-0.39, 0.29) is 10.2 Å². The highest BCUT2D eigenvalue weighted by molar-refractivity contribution is 8.26. The largest absolute Gasteiger partial charge is 0.355 e. The SMILES string of the molecule is COC(OC)[C@@H]1C(=O)SC(=O)[C@H]1C(OC)OC. The van der Waals surface area contributed by atoms with Crippen LogP contribution in [0.2, 0.25) is 0 Å². The van der Waals surface area contributed by atoms with Crippen LogP contribution >= 0.6 is 11.8 Å². The van der Waals surface area contributed by atoms with Gasteiger partial charge in [0.2, 0.25) is 10.2 Å². The normalized spacial score (nSPS) is 25.3. The van der Waals surface area contributed by atoms with Gasteiger partial charge in [-0.2, -0.15) is 0 Å². The minimum atomic E-state index is -0.778. The van der Waals surface area contributed by atoms with Gasteiger partial charge in [-0.25, -0.2) is 0 Å². The van der Waals surface area contributed by atoms with E-state index in [1.165, 1.54) is 28.4 Å². The number of methoxy groups -OCH3 is 4. The van der Waals surface area contributed by atoms with Gasteiger partial charge in [0.1, 0.15) is 0 Å². The van der Waals surface area contributed by atoms with Gasteiger partial charge in [0.15, 0.2) is 12.6 Å². The zero-order valence-corrected chi connectivity index (χ0v) is 11.0. The zero-order chi connectivity index (χ0) is 13.0. The number of rotatable bonds is 6.